The Morgan fingerprint density at radius 1 is 1.35 bits per heavy atom. The van der Waals surface area contributed by atoms with Gasteiger partial charge in [0.15, 0.2) is 0 Å². The van der Waals surface area contributed by atoms with E-state index in [9.17, 15) is 4.79 Å². The Morgan fingerprint density at radius 2 is 2.15 bits per heavy atom. The van der Waals surface area contributed by atoms with Gasteiger partial charge in [-0.2, -0.15) is 0 Å². The first-order chi connectivity index (χ1) is 9.67. The molecule has 1 heterocycles. The quantitative estimate of drug-likeness (QED) is 0.861. The Bertz CT molecular complexity index is 492. The summed E-state index contributed by atoms with van der Waals surface area (Å²) in [5, 5.41) is 0. The lowest BCUT2D eigenvalue weighted by atomic mass is 9.81. The van der Waals surface area contributed by atoms with Crippen molar-refractivity contribution in [1.29, 1.82) is 0 Å². The lowest BCUT2D eigenvalue weighted by Crippen LogP contribution is -2.40. The van der Waals surface area contributed by atoms with Crippen LogP contribution in [0.25, 0.3) is 0 Å². The van der Waals surface area contributed by atoms with E-state index in [0.717, 1.165) is 43.5 Å². The number of hydrogen-bond acceptors (Lipinski definition) is 3. The second-order valence-corrected chi connectivity index (χ2v) is 6.32. The Balaban J connectivity index is 1.65. The number of nitrogen functional groups attached to an aromatic ring is 1. The highest BCUT2D eigenvalue weighted by Crippen LogP contribution is 2.42. The first-order valence-corrected chi connectivity index (χ1v) is 7.68. The number of anilines is 1. The maximum absolute atomic E-state index is 12.5. The van der Waals surface area contributed by atoms with E-state index in [2.05, 4.69) is 0 Å². The van der Waals surface area contributed by atoms with E-state index in [1.165, 1.54) is 12.8 Å². The average Bonchev–Trinajstić information content (AvgIpc) is 2.87. The Labute approximate surface area is 120 Å². The summed E-state index contributed by atoms with van der Waals surface area (Å²) in [6.45, 7) is 0.743. The van der Waals surface area contributed by atoms with Crippen LogP contribution in [0.2, 0.25) is 0 Å². The minimum Gasteiger partial charge on any atom is -0.399 e. The predicted molar refractivity (Wildman–Crippen MR) is 79.4 cm³/mol. The van der Waals surface area contributed by atoms with Crippen LogP contribution in [0.1, 0.15) is 44.1 Å². The molecule has 3 nitrogen and oxygen atoms in total. The number of ketones is 1. The third-order valence-electron chi connectivity index (χ3n) is 4.79. The molecule has 2 fully saturated rings. The number of ether oxygens (including phenoxy) is 1. The first-order valence-electron chi connectivity index (χ1n) is 7.68. The van der Waals surface area contributed by atoms with Crippen molar-refractivity contribution < 1.29 is 9.53 Å². The molecule has 0 aromatic heterocycles. The fourth-order valence-corrected chi connectivity index (χ4v) is 3.72. The van der Waals surface area contributed by atoms with E-state index >= 15 is 0 Å². The number of nitrogens with two attached hydrogens (primary N) is 1. The molecule has 1 saturated heterocycles. The fraction of sp³-hybridized carbons (Fsp3) is 0.588. The zero-order valence-corrected chi connectivity index (χ0v) is 11.9. The van der Waals surface area contributed by atoms with Gasteiger partial charge in [0.2, 0.25) is 0 Å². The zero-order valence-electron chi connectivity index (χ0n) is 11.9. The smallest absolute Gasteiger partial charge is 0.140 e. The molecule has 1 saturated carbocycles. The second-order valence-electron chi connectivity index (χ2n) is 6.32. The summed E-state index contributed by atoms with van der Waals surface area (Å²) in [6.07, 6.45) is 7.07. The minimum atomic E-state index is 0.0221. The van der Waals surface area contributed by atoms with Crippen LogP contribution in [0.15, 0.2) is 24.3 Å². The van der Waals surface area contributed by atoms with Gasteiger partial charge in [-0.3, -0.25) is 4.79 Å². The fourth-order valence-electron chi connectivity index (χ4n) is 3.72. The highest BCUT2D eigenvalue weighted by Gasteiger charge is 2.41. The van der Waals surface area contributed by atoms with Crippen molar-refractivity contribution in [2.24, 2.45) is 5.92 Å². The van der Waals surface area contributed by atoms with E-state index in [1.807, 2.05) is 24.3 Å². The highest BCUT2D eigenvalue weighted by atomic mass is 16.5. The molecule has 1 spiro atoms. The van der Waals surface area contributed by atoms with Gasteiger partial charge in [0.25, 0.3) is 0 Å². The van der Waals surface area contributed by atoms with Crippen molar-refractivity contribution in [2.75, 3.05) is 12.3 Å². The molecule has 20 heavy (non-hydrogen) atoms. The molecule has 1 aromatic carbocycles. The van der Waals surface area contributed by atoms with Crippen LogP contribution < -0.4 is 5.73 Å². The number of Topliss-reactive ketones (excluding diaryl/α,β-unsaturated/α-hetero) is 1. The maximum atomic E-state index is 12.5. The standard InChI is InChI=1S/C17H23NO2/c18-15-5-3-4-13(10-15)11-16(19)14-6-9-20-17(12-14)7-1-2-8-17/h3-5,10,14H,1-2,6-9,11-12,18H2. The molecule has 2 aliphatic rings. The van der Waals surface area contributed by atoms with E-state index in [0.29, 0.717) is 12.2 Å². The van der Waals surface area contributed by atoms with Crippen molar-refractivity contribution in [3.8, 4) is 0 Å². The molecule has 0 radical (unpaired) electrons. The molecule has 1 aliphatic heterocycles. The van der Waals surface area contributed by atoms with Crippen LogP contribution in [0, 0.1) is 5.92 Å². The minimum absolute atomic E-state index is 0.0221. The van der Waals surface area contributed by atoms with Crippen LogP contribution in [-0.2, 0) is 16.0 Å². The SMILES string of the molecule is Nc1cccc(CC(=O)C2CCOC3(CCCC3)C2)c1. The van der Waals surface area contributed by atoms with Gasteiger partial charge in [-0.15, -0.1) is 0 Å². The molecule has 3 heteroatoms. The normalized spacial score (nSPS) is 24.9. The van der Waals surface area contributed by atoms with Crippen molar-refractivity contribution in [2.45, 2.75) is 50.5 Å². The van der Waals surface area contributed by atoms with Gasteiger partial charge in [0, 0.05) is 24.6 Å². The molecule has 1 atom stereocenters. The monoisotopic (exact) mass is 273 g/mol. The Kier molecular flexibility index (Phi) is 3.79. The average molecular weight is 273 g/mol. The molecule has 1 aromatic rings. The third-order valence-corrected chi connectivity index (χ3v) is 4.79. The first kappa shape index (κ1) is 13.6. The van der Waals surface area contributed by atoms with Crippen molar-refractivity contribution >= 4 is 11.5 Å². The van der Waals surface area contributed by atoms with Gasteiger partial charge in [0.1, 0.15) is 5.78 Å². The lowest BCUT2D eigenvalue weighted by Gasteiger charge is -2.37. The molecule has 1 unspecified atom stereocenters. The molecule has 108 valence electrons. The maximum Gasteiger partial charge on any atom is 0.140 e. The van der Waals surface area contributed by atoms with Crippen molar-refractivity contribution in [1.82, 2.24) is 0 Å². The Morgan fingerprint density at radius 3 is 2.90 bits per heavy atom. The largest absolute Gasteiger partial charge is 0.399 e. The lowest BCUT2D eigenvalue weighted by molar-refractivity contribution is -0.135. The van der Waals surface area contributed by atoms with Gasteiger partial charge in [0.05, 0.1) is 5.60 Å². The Hall–Kier alpha value is -1.35. The summed E-state index contributed by atoms with van der Waals surface area (Å²) in [6, 6.07) is 7.66. The molecule has 0 bridgehead atoms. The van der Waals surface area contributed by atoms with Gasteiger partial charge < -0.3 is 10.5 Å². The van der Waals surface area contributed by atoms with Crippen LogP contribution in [-0.4, -0.2) is 18.0 Å². The van der Waals surface area contributed by atoms with Crippen molar-refractivity contribution in [3.05, 3.63) is 29.8 Å². The topological polar surface area (TPSA) is 52.3 Å². The van der Waals surface area contributed by atoms with Crippen LogP contribution in [0.4, 0.5) is 5.69 Å². The summed E-state index contributed by atoms with van der Waals surface area (Å²) in [5.41, 5.74) is 7.56. The van der Waals surface area contributed by atoms with Crippen LogP contribution >= 0.6 is 0 Å². The summed E-state index contributed by atoms with van der Waals surface area (Å²) < 4.78 is 6.00. The number of carbonyl (C=O) groups excluding carboxylic acids is 1. The molecular weight excluding hydrogens is 250 g/mol. The van der Waals surface area contributed by atoms with E-state index < -0.39 is 0 Å². The number of carbonyl (C=O) groups is 1. The number of hydrogen-bond donors (Lipinski definition) is 1. The molecule has 2 N–H and O–H groups in total. The number of rotatable bonds is 3. The second kappa shape index (κ2) is 5.57. The summed E-state index contributed by atoms with van der Waals surface area (Å²) in [5.74, 6) is 0.522. The van der Waals surface area contributed by atoms with Crippen LogP contribution in [0.3, 0.4) is 0 Å². The van der Waals surface area contributed by atoms with Gasteiger partial charge in [-0.25, -0.2) is 0 Å². The summed E-state index contributed by atoms with van der Waals surface area (Å²) in [4.78, 5) is 12.5. The predicted octanol–water partition coefficient (Wildman–Crippen LogP) is 3.12. The van der Waals surface area contributed by atoms with Gasteiger partial charge in [-0.1, -0.05) is 25.0 Å². The summed E-state index contributed by atoms with van der Waals surface area (Å²) >= 11 is 0. The third kappa shape index (κ3) is 2.88. The summed E-state index contributed by atoms with van der Waals surface area (Å²) in [7, 11) is 0. The molecule has 1 aliphatic carbocycles. The van der Waals surface area contributed by atoms with Crippen LogP contribution in [0.5, 0.6) is 0 Å². The highest BCUT2D eigenvalue weighted by molar-refractivity contribution is 5.83. The molecule has 0 amide bonds. The number of benzene rings is 1. The van der Waals surface area contributed by atoms with Gasteiger partial charge >= 0.3 is 0 Å². The molecular formula is C17H23NO2. The van der Waals surface area contributed by atoms with Crippen molar-refractivity contribution in [3.63, 3.8) is 0 Å². The van der Waals surface area contributed by atoms with E-state index in [-0.39, 0.29) is 11.5 Å². The van der Waals surface area contributed by atoms with Gasteiger partial charge in [-0.05, 0) is 43.4 Å². The van der Waals surface area contributed by atoms with E-state index in [4.69, 9.17) is 10.5 Å². The van der Waals surface area contributed by atoms with E-state index in [1.54, 1.807) is 0 Å². The zero-order chi connectivity index (χ0) is 14.0. The molecule has 3 rings (SSSR count).